The van der Waals surface area contributed by atoms with Crippen LogP contribution in [0.25, 0.3) is 5.69 Å². The molecule has 1 aromatic heterocycles. The quantitative estimate of drug-likeness (QED) is 0.583. The number of halogens is 3. The van der Waals surface area contributed by atoms with Gasteiger partial charge in [0.05, 0.1) is 5.56 Å². The lowest BCUT2D eigenvalue weighted by atomic mass is 10.2. The van der Waals surface area contributed by atoms with Gasteiger partial charge in [-0.1, -0.05) is 0 Å². The average Bonchev–Trinajstić information content (AvgIpc) is 3.11. The maximum atomic E-state index is 14.1. The highest BCUT2D eigenvalue weighted by molar-refractivity contribution is 9.10. The summed E-state index contributed by atoms with van der Waals surface area (Å²) in [7, 11) is 0. The third-order valence-corrected chi connectivity index (χ3v) is 4.59. The zero-order valence-electron chi connectivity index (χ0n) is 15.1. The molecule has 0 spiro atoms. The molecule has 2 aromatic carbocycles. The van der Waals surface area contributed by atoms with E-state index in [1.54, 1.807) is 6.92 Å². The van der Waals surface area contributed by atoms with Gasteiger partial charge in [-0.3, -0.25) is 9.59 Å². The minimum absolute atomic E-state index is 0.0324. The maximum absolute atomic E-state index is 14.1. The van der Waals surface area contributed by atoms with Crippen molar-refractivity contribution in [1.82, 2.24) is 25.5 Å². The predicted octanol–water partition coefficient (Wildman–Crippen LogP) is 2.77. The summed E-state index contributed by atoms with van der Waals surface area (Å²) < 4.78 is 29.0. The number of carbonyl (C=O) groups excluding carboxylic acids is 2. The highest BCUT2D eigenvalue weighted by Gasteiger charge is 2.13. The summed E-state index contributed by atoms with van der Waals surface area (Å²) in [6.45, 7) is 1.65. The fourth-order valence-electron chi connectivity index (χ4n) is 2.49. The van der Waals surface area contributed by atoms with E-state index in [9.17, 15) is 18.4 Å². The number of tetrazole rings is 1. The van der Waals surface area contributed by atoms with E-state index >= 15 is 0 Å². The number of hydrogen-bond acceptors (Lipinski definition) is 5. The molecule has 3 rings (SSSR count). The molecule has 0 aliphatic rings. The topological polar surface area (TPSA) is 102 Å². The molecule has 0 radical (unpaired) electrons. The molecule has 0 bridgehead atoms. The molecule has 0 unspecified atom stereocenters. The van der Waals surface area contributed by atoms with Crippen molar-refractivity contribution in [3.8, 4) is 5.69 Å². The standard InChI is InChI=1S/C18H15BrF2N6O2/c1-10-24-25-26-27(10)16-9-12(3-5-15(16)21)23-17(28)6-7-22-18(29)13-8-11(20)2-4-14(13)19/h2-5,8-9H,6-7H2,1H3,(H,22,29)(H,23,28). The first-order valence-corrected chi connectivity index (χ1v) is 9.22. The number of aromatic nitrogens is 4. The molecule has 0 aliphatic heterocycles. The van der Waals surface area contributed by atoms with Crippen LogP contribution in [0.15, 0.2) is 40.9 Å². The summed E-state index contributed by atoms with van der Waals surface area (Å²) in [5.74, 6) is -1.61. The summed E-state index contributed by atoms with van der Waals surface area (Å²) in [5, 5.41) is 16.0. The second kappa shape index (κ2) is 8.86. The molecule has 0 atom stereocenters. The van der Waals surface area contributed by atoms with E-state index in [4.69, 9.17) is 0 Å². The van der Waals surface area contributed by atoms with Crippen molar-refractivity contribution in [2.75, 3.05) is 11.9 Å². The van der Waals surface area contributed by atoms with Crippen LogP contribution in [0.2, 0.25) is 0 Å². The maximum Gasteiger partial charge on any atom is 0.252 e. The van der Waals surface area contributed by atoms with Crippen molar-refractivity contribution in [3.63, 3.8) is 0 Å². The predicted molar refractivity (Wildman–Crippen MR) is 104 cm³/mol. The largest absolute Gasteiger partial charge is 0.351 e. The van der Waals surface area contributed by atoms with E-state index < -0.39 is 23.4 Å². The lowest BCUT2D eigenvalue weighted by Gasteiger charge is -2.10. The van der Waals surface area contributed by atoms with Gasteiger partial charge in [0, 0.05) is 23.1 Å². The molecule has 150 valence electrons. The number of anilines is 1. The average molecular weight is 465 g/mol. The fourth-order valence-corrected chi connectivity index (χ4v) is 2.91. The number of benzene rings is 2. The highest BCUT2D eigenvalue weighted by Crippen LogP contribution is 2.19. The van der Waals surface area contributed by atoms with E-state index in [0.29, 0.717) is 16.0 Å². The zero-order chi connectivity index (χ0) is 21.0. The SMILES string of the molecule is Cc1nnnn1-c1cc(NC(=O)CCNC(=O)c2cc(F)ccc2Br)ccc1F. The number of nitrogens with zero attached hydrogens (tertiary/aromatic N) is 4. The molecule has 0 saturated heterocycles. The molecule has 11 heteroatoms. The highest BCUT2D eigenvalue weighted by atomic mass is 79.9. The van der Waals surface area contributed by atoms with Crippen LogP contribution < -0.4 is 10.6 Å². The monoisotopic (exact) mass is 464 g/mol. The Labute approximate surface area is 172 Å². The number of carbonyl (C=O) groups is 2. The van der Waals surface area contributed by atoms with Gasteiger partial charge in [0.1, 0.15) is 17.3 Å². The number of rotatable bonds is 6. The van der Waals surface area contributed by atoms with Gasteiger partial charge in [0.25, 0.3) is 5.91 Å². The third kappa shape index (κ3) is 4.99. The Morgan fingerprint density at radius 3 is 2.69 bits per heavy atom. The van der Waals surface area contributed by atoms with Gasteiger partial charge in [0.15, 0.2) is 5.82 Å². The summed E-state index contributed by atoms with van der Waals surface area (Å²) >= 11 is 3.18. The van der Waals surface area contributed by atoms with Crippen LogP contribution in [-0.2, 0) is 4.79 Å². The van der Waals surface area contributed by atoms with Gasteiger partial charge in [-0.15, -0.1) is 5.10 Å². The first-order chi connectivity index (χ1) is 13.8. The van der Waals surface area contributed by atoms with E-state index in [-0.39, 0.29) is 24.2 Å². The summed E-state index contributed by atoms with van der Waals surface area (Å²) in [6, 6.07) is 7.74. The summed E-state index contributed by atoms with van der Waals surface area (Å²) in [6.07, 6.45) is -0.0324. The minimum Gasteiger partial charge on any atom is -0.351 e. The Morgan fingerprint density at radius 1 is 1.17 bits per heavy atom. The van der Waals surface area contributed by atoms with Gasteiger partial charge in [-0.05, 0) is 69.7 Å². The number of nitrogens with one attached hydrogen (secondary N) is 2. The van der Waals surface area contributed by atoms with Crippen LogP contribution in [0.3, 0.4) is 0 Å². The van der Waals surface area contributed by atoms with E-state index in [0.717, 1.165) is 6.07 Å². The molecule has 0 saturated carbocycles. The molecular weight excluding hydrogens is 450 g/mol. The molecule has 3 aromatic rings. The van der Waals surface area contributed by atoms with Crippen molar-refractivity contribution in [3.05, 3.63) is 63.9 Å². The van der Waals surface area contributed by atoms with Crippen LogP contribution in [0.4, 0.5) is 14.5 Å². The Morgan fingerprint density at radius 2 is 1.97 bits per heavy atom. The Bertz CT molecular complexity index is 1070. The molecule has 29 heavy (non-hydrogen) atoms. The number of aryl methyl sites for hydroxylation is 1. The molecular formula is C18H15BrF2N6O2. The van der Waals surface area contributed by atoms with Gasteiger partial charge in [-0.2, -0.15) is 4.68 Å². The Kier molecular flexibility index (Phi) is 6.27. The minimum atomic E-state index is -0.550. The molecule has 0 fully saturated rings. The van der Waals surface area contributed by atoms with Crippen LogP contribution >= 0.6 is 15.9 Å². The zero-order valence-corrected chi connectivity index (χ0v) is 16.7. The molecule has 2 amide bonds. The first kappa shape index (κ1) is 20.5. The van der Waals surface area contributed by atoms with Crippen LogP contribution in [-0.4, -0.2) is 38.6 Å². The van der Waals surface area contributed by atoms with Gasteiger partial charge in [0.2, 0.25) is 5.91 Å². The number of amides is 2. The Balaban J connectivity index is 1.58. The first-order valence-electron chi connectivity index (χ1n) is 8.43. The van der Waals surface area contributed by atoms with Crippen molar-refractivity contribution >= 4 is 33.4 Å². The van der Waals surface area contributed by atoms with Crippen LogP contribution in [0, 0.1) is 18.6 Å². The van der Waals surface area contributed by atoms with E-state index in [1.807, 2.05) is 0 Å². The lowest BCUT2D eigenvalue weighted by Crippen LogP contribution is -2.28. The van der Waals surface area contributed by atoms with Crippen LogP contribution in [0.5, 0.6) is 0 Å². The smallest absolute Gasteiger partial charge is 0.252 e. The molecule has 8 nitrogen and oxygen atoms in total. The summed E-state index contributed by atoms with van der Waals surface area (Å²) in [5.41, 5.74) is 0.570. The van der Waals surface area contributed by atoms with Crippen molar-refractivity contribution in [2.24, 2.45) is 0 Å². The van der Waals surface area contributed by atoms with Gasteiger partial charge in [-0.25, -0.2) is 8.78 Å². The second-order valence-corrected chi connectivity index (χ2v) is 6.84. The van der Waals surface area contributed by atoms with Gasteiger partial charge < -0.3 is 10.6 Å². The van der Waals surface area contributed by atoms with Gasteiger partial charge >= 0.3 is 0 Å². The summed E-state index contributed by atoms with van der Waals surface area (Å²) in [4.78, 5) is 24.2. The molecule has 0 aliphatic carbocycles. The molecule has 2 N–H and O–H groups in total. The number of hydrogen-bond donors (Lipinski definition) is 2. The van der Waals surface area contributed by atoms with E-state index in [1.165, 1.54) is 35.0 Å². The van der Waals surface area contributed by atoms with Crippen molar-refractivity contribution in [1.29, 1.82) is 0 Å². The Hall–Kier alpha value is -3.21. The van der Waals surface area contributed by atoms with Crippen molar-refractivity contribution in [2.45, 2.75) is 13.3 Å². The van der Waals surface area contributed by atoms with Crippen LogP contribution in [0.1, 0.15) is 22.6 Å². The van der Waals surface area contributed by atoms with Crippen molar-refractivity contribution < 1.29 is 18.4 Å². The fraction of sp³-hybridized carbons (Fsp3) is 0.167. The third-order valence-electron chi connectivity index (χ3n) is 3.89. The second-order valence-electron chi connectivity index (χ2n) is 5.98. The lowest BCUT2D eigenvalue weighted by molar-refractivity contribution is -0.116. The normalized spacial score (nSPS) is 10.6. The van der Waals surface area contributed by atoms with E-state index in [2.05, 4.69) is 42.1 Å². The molecule has 1 heterocycles.